The number of aromatic nitrogens is 2. The quantitative estimate of drug-likeness (QED) is 0.563. The van der Waals surface area contributed by atoms with Gasteiger partial charge in [-0.1, -0.05) is 12.1 Å². The van der Waals surface area contributed by atoms with Crippen LogP contribution in [-0.2, 0) is 6.54 Å². The van der Waals surface area contributed by atoms with Gasteiger partial charge in [0.1, 0.15) is 12.1 Å². The van der Waals surface area contributed by atoms with Crippen molar-refractivity contribution in [2.75, 3.05) is 63.8 Å². The Morgan fingerprint density at radius 2 is 1.97 bits per heavy atom. The highest BCUT2D eigenvalue weighted by molar-refractivity contribution is 5.66. The van der Waals surface area contributed by atoms with Crippen LogP contribution in [0, 0.1) is 0 Å². The SMILES string of the molecule is CN(Cc1ccc(OCCCO)cc1)CC1(O)CCN(c2cncnc2N(C)C)C1. The van der Waals surface area contributed by atoms with Crippen LogP contribution >= 0.6 is 0 Å². The first-order chi connectivity index (χ1) is 14.4. The summed E-state index contributed by atoms with van der Waals surface area (Å²) in [6, 6.07) is 7.98. The largest absolute Gasteiger partial charge is 0.494 e. The van der Waals surface area contributed by atoms with Gasteiger partial charge in [0.2, 0.25) is 0 Å². The molecule has 2 aromatic rings. The van der Waals surface area contributed by atoms with Gasteiger partial charge in [-0.15, -0.1) is 0 Å². The lowest BCUT2D eigenvalue weighted by Crippen LogP contribution is -2.43. The van der Waals surface area contributed by atoms with E-state index in [2.05, 4.69) is 19.8 Å². The molecule has 8 heteroatoms. The van der Waals surface area contributed by atoms with E-state index in [4.69, 9.17) is 9.84 Å². The van der Waals surface area contributed by atoms with Gasteiger partial charge < -0.3 is 24.7 Å². The fourth-order valence-corrected chi connectivity index (χ4v) is 3.89. The van der Waals surface area contributed by atoms with Gasteiger partial charge in [0, 0.05) is 53.3 Å². The fraction of sp³-hybridized carbons (Fsp3) is 0.545. The number of benzene rings is 1. The minimum Gasteiger partial charge on any atom is -0.494 e. The molecule has 1 aromatic carbocycles. The number of hydrogen-bond acceptors (Lipinski definition) is 8. The minimum absolute atomic E-state index is 0.136. The number of β-amino-alcohol motifs (C(OH)–C–C–N with tert-alkyl or cyclic N) is 1. The zero-order valence-electron chi connectivity index (χ0n) is 18.2. The summed E-state index contributed by atoms with van der Waals surface area (Å²) in [4.78, 5) is 14.8. The van der Waals surface area contributed by atoms with Crippen molar-refractivity contribution in [3.05, 3.63) is 42.4 Å². The van der Waals surface area contributed by atoms with Crippen molar-refractivity contribution in [3.8, 4) is 5.75 Å². The Morgan fingerprint density at radius 3 is 2.67 bits per heavy atom. The molecule has 0 saturated carbocycles. The Bertz CT molecular complexity index is 802. The summed E-state index contributed by atoms with van der Waals surface area (Å²) in [6.45, 7) is 3.32. The van der Waals surface area contributed by atoms with E-state index in [-0.39, 0.29) is 6.61 Å². The molecule has 0 aliphatic carbocycles. The van der Waals surface area contributed by atoms with E-state index in [1.54, 1.807) is 6.33 Å². The number of hydrogen-bond donors (Lipinski definition) is 2. The zero-order valence-corrected chi connectivity index (χ0v) is 18.2. The summed E-state index contributed by atoms with van der Waals surface area (Å²) in [6.07, 6.45) is 4.71. The molecule has 164 valence electrons. The lowest BCUT2D eigenvalue weighted by molar-refractivity contribution is 0.0279. The van der Waals surface area contributed by atoms with Gasteiger partial charge in [0.05, 0.1) is 24.1 Å². The van der Waals surface area contributed by atoms with E-state index < -0.39 is 5.60 Å². The van der Waals surface area contributed by atoms with Crippen LogP contribution in [0.2, 0.25) is 0 Å². The number of likely N-dealkylation sites (N-methyl/N-ethyl adjacent to an activating group) is 1. The van der Waals surface area contributed by atoms with E-state index >= 15 is 0 Å². The molecule has 1 aromatic heterocycles. The van der Waals surface area contributed by atoms with E-state index in [0.29, 0.717) is 32.5 Å². The molecule has 1 fully saturated rings. The van der Waals surface area contributed by atoms with Crippen molar-refractivity contribution in [1.29, 1.82) is 0 Å². The van der Waals surface area contributed by atoms with Crippen LogP contribution < -0.4 is 14.5 Å². The molecule has 1 unspecified atom stereocenters. The number of anilines is 2. The highest BCUT2D eigenvalue weighted by Crippen LogP contribution is 2.32. The first-order valence-corrected chi connectivity index (χ1v) is 10.4. The van der Waals surface area contributed by atoms with Gasteiger partial charge >= 0.3 is 0 Å². The number of nitrogens with zero attached hydrogens (tertiary/aromatic N) is 5. The van der Waals surface area contributed by atoms with Crippen LogP contribution in [0.3, 0.4) is 0 Å². The van der Waals surface area contributed by atoms with Gasteiger partial charge in [-0.05, 0) is 31.2 Å². The van der Waals surface area contributed by atoms with Crippen molar-refractivity contribution in [2.24, 2.45) is 0 Å². The molecule has 1 aliphatic heterocycles. The van der Waals surface area contributed by atoms with Crippen molar-refractivity contribution < 1.29 is 14.9 Å². The monoisotopic (exact) mass is 415 g/mol. The Kier molecular flexibility index (Phi) is 7.47. The van der Waals surface area contributed by atoms with Gasteiger partial charge in [-0.2, -0.15) is 0 Å². The molecule has 2 N–H and O–H groups in total. The maximum atomic E-state index is 11.2. The predicted octanol–water partition coefficient (Wildman–Crippen LogP) is 1.38. The van der Waals surface area contributed by atoms with Crippen molar-refractivity contribution >= 4 is 11.5 Å². The van der Waals surface area contributed by atoms with Gasteiger partial charge in [0.15, 0.2) is 5.82 Å². The van der Waals surface area contributed by atoms with Crippen LogP contribution in [0.15, 0.2) is 36.8 Å². The smallest absolute Gasteiger partial charge is 0.155 e. The summed E-state index contributed by atoms with van der Waals surface area (Å²) >= 11 is 0. The molecule has 2 heterocycles. The second kappa shape index (κ2) is 10.1. The Hall–Kier alpha value is -2.42. The summed E-state index contributed by atoms with van der Waals surface area (Å²) in [5.41, 5.74) is 1.34. The van der Waals surface area contributed by atoms with Crippen LogP contribution in [0.5, 0.6) is 5.75 Å². The maximum Gasteiger partial charge on any atom is 0.155 e. The fourth-order valence-electron chi connectivity index (χ4n) is 3.89. The molecule has 8 nitrogen and oxygen atoms in total. The lowest BCUT2D eigenvalue weighted by atomic mass is 10.0. The molecule has 0 bridgehead atoms. The molecule has 0 spiro atoms. The van der Waals surface area contributed by atoms with E-state index in [9.17, 15) is 5.11 Å². The number of rotatable bonds is 10. The van der Waals surface area contributed by atoms with E-state index in [0.717, 1.165) is 35.9 Å². The topological polar surface area (TPSA) is 85.2 Å². The Balaban J connectivity index is 1.55. The van der Waals surface area contributed by atoms with Crippen molar-refractivity contribution in [3.63, 3.8) is 0 Å². The molecular formula is C22H33N5O3. The summed E-state index contributed by atoms with van der Waals surface area (Å²) in [5, 5.41) is 20.0. The molecule has 1 aliphatic rings. The van der Waals surface area contributed by atoms with Gasteiger partial charge in [-0.25, -0.2) is 9.97 Å². The molecule has 30 heavy (non-hydrogen) atoms. The Labute approximate surface area is 178 Å². The molecule has 3 rings (SSSR count). The average molecular weight is 416 g/mol. The first-order valence-electron chi connectivity index (χ1n) is 10.4. The minimum atomic E-state index is -0.776. The molecular weight excluding hydrogens is 382 g/mol. The van der Waals surface area contributed by atoms with Crippen LogP contribution in [-0.4, -0.2) is 84.7 Å². The third-order valence-electron chi connectivity index (χ3n) is 5.28. The first kappa shape index (κ1) is 22.3. The average Bonchev–Trinajstić information content (AvgIpc) is 3.10. The van der Waals surface area contributed by atoms with E-state index in [1.165, 1.54) is 0 Å². The second-order valence-corrected chi connectivity index (χ2v) is 8.26. The summed E-state index contributed by atoms with van der Waals surface area (Å²) < 4.78 is 5.58. The molecule has 0 amide bonds. The number of aliphatic hydroxyl groups is 2. The standard InChI is InChI=1S/C22H33N5O3/c1-25(2)21-20(13-23-17-24-21)27-10-9-22(29,16-27)15-26(3)14-18-5-7-19(8-6-18)30-12-4-11-28/h5-8,13,17,28-29H,4,9-12,14-16H2,1-3H3. The van der Waals surface area contributed by atoms with Gasteiger partial charge in [0.25, 0.3) is 0 Å². The van der Waals surface area contributed by atoms with Crippen molar-refractivity contribution in [1.82, 2.24) is 14.9 Å². The Morgan fingerprint density at radius 1 is 1.20 bits per heavy atom. The second-order valence-electron chi connectivity index (χ2n) is 8.26. The van der Waals surface area contributed by atoms with Gasteiger partial charge in [-0.3, -0.25) is 4.90 Å². The predicted molar refractivity (Wildman–Crippen MR) is 118 cm³/mol. The zero-order chi connectivity index (χ0) is 21.6. The van der Waals surface area contributed by atoms with Crippen LogP contribution in [0.25, 0.3) is 0 Å². The maximum absolute atomic E-state index is 11.2. The third kappa shape index (κ3) is 5.81. The summed E-state index contributed by atoms with van der Waals surface area (Å²) in [7, 11) is 5.96. The molecule has 0 radical (unpaired) electrons. The lowest BCUT2D eigenvalue weighted by Gasteiger charge is -2.30. The highest BCUT2D eigenvalue weighted by atomic mass is 16.5. The number of ether oxygens (including phenoxy) is 1. The van der Waals surface area contributed by atoms with Crippen LogP contribution in [0.1, 0.15) is 18.4 Å². The normalized spacial score (nSPS) is 18.8. The molecule has 1 saturated heterocycles. The van der Waals surface area contributed by atoms with Crippen LogP contribution in [0.4, 0.5) is 11.5 Å². The number of aliphatic hydroxyl groups excluding tert-OH is 1. The third-order valence-corrected chi connectivity index (χ3v) is 5.28. The summed E-state index contributed by atoms with van der Waals surface area (Å²) in [5.74, 6) is 1.67. The molecule has 1 atom stereocenters. The van der Waals surface area contributed by atoms with E-state index in [1.807, 2.05) is 56.5 Å². The highest BCUT2D eigenvalue weighted by Gasteiger charge is 2.38. The van der Waals surface area contributed by atoms with Crippen molar-refractivity contribution in [2.45, 2.75) is 25.0 Å².